The lowest BCUT2D eigenvalue weighted by molar-refractivity contribution is 0.421. The Bertz CT molecular complexity index is 616. The van der Waals surface area contributed by atoms with E-state index in [0.29, 0.717) is 5.92 Å². The molecule has 0 spiro atoms. The summed E-state index contributed by atoms with van der Waals surface area (Å²) in [6.07, 6.45) is 6.79. The molecule has 0 amide bonds. The zero-order valence-corrected chi connectivity index (χ0v) is 13.5. The zero-order valence-electron chi connectivity index (χ0n) is 12.7. The van der Waals surface area contributed by atoms with Gasteiger partial charge in [0.15, 0.2) is 0 Å². The number of hydrogen-bond acceptors (Lipinski definition) is 3. The van der Waals surface area contributed by atoms with E-state index in [0.717, 1.165) is 17.5 Å². The minimum Gasteiger partial charge on any atom is -0.385 e. The van der Waals surface area contributed by atoms with Gasteiger partial charge < -0.3 is 5.32 Å². The summed E-state index contributed by atoms with van der Waals surface area (Å²) in [5.74, 6) is 1.46. The van der Waals surface area contributed by atoms with Crippen molar-refractivity contribution in [1.82, 2.24) is 4.98 Å². The number of nitrogens with zero attached hydrogens (tertiary/aromatic N) is 1. The number of anilines is 1. The quantitative estimate of drug-likeness (QED) is 0.783. The van der Waals surface area contributed by atoms with Gasteiger partial charge in [0, 0.05) is 29.4 Å². The minimum atomic E-state index is 0.715. The second-order valence-electron chi connectivity index (χ2n) is 6.10. The summed E-state index contributed by atoms with van der Waals surface area (Å²) in [7, 11) is 0. The molecule has 2 nitrogen and oxygen atoms in total. The molecule has 3 heteroatoms. The van der Waals surface area contributed by atoms with E-state index in [1.807, 2.05) is 11.6 Å². The van der Waals surface area contributed by atoms with Gasteiger partial charge in [-0.05, 0) is 43.7 Å². The van der Waals surface area contributed by atoms with Crippen molar-refractivity contribution in [2.45, 2.75) is 26.7 Å². The number of thiazole rings is 1. The standard InChI is InChI=1S/C18H22N2S/c1-13-8-14(2)10-15(9-13)12-20-17-5-3-4-16(11-17)18-19-6-7-21-18/h3-8,11,13,15,20H,9-10,12H2,1-2H3. The van der Waals surface area contributed by atoms with Gasteiger partial charge in [0.1, 0.15) is 5.01 Å². The van der Waals surface area contributed by atoms with Crippen molar-refractivity contribution in [3.8, 4) is 10.6 Å². The highest BCUT2D eigenvalue weighted by atomic mass is 32.1. The van der Waals surface area contributed by atoms with Crippen LogP contribution in [-0.4, -0.2) is 11.5 Å². The molecule has 0 fully saturated rings. The summed E-state index contributed by atoms with van der Waals surface area (Å²) in [5.41, 5.74) is 3.93. The molecule has 1 aliphatic rings. The number of aromatic nitrogens is 1. The maximum absolute atomic E-state index is 4.38. The lowest BCUT2D eigenvalue weighted by Gasteiger charge is -2.26. The minimum absolute atomic E-state index is 0.715. The molecule has 1 N–H and O–H groups in total. The second kappa shape index (κ2) is 6.44. The third-order valence-electron chi connectivity index (χ3n) is 4.02. The predicted octanol–water partition coefficient (Wildman–Crippen LogP) is 5.21. The van der Waals surface area contributed by atoms with Crippen LogP contribution in [0, 0.1) is 11.8 Å². The highest BCUT2D eigenvalue weighted by Crippen LogP contribution is 2.29. The largest absolute Gasteiger partial charge is 0.385 e. The molecule has 2 aromatic rings. The van der Waals surface area contributed by atoms with Gasteiger partial charge in [0.2, 0.25) is 0 Å². The van der Waals surface area contributed by atoms with Crippen LogP contribution < -0.4 is 5.32 Å². The zero-order chi connectivity index (χ0) is 14.7. The Morgan fingerprint density at radius 3 is 3.05 bits per heavy atom. The van der Waals surface area contributed by atoms with E-state index in [-0.39, 0.29) is 0 Å². The Hall–Kier alpha value is -1.61. The molecule has 110 valence electrons. The first kappa shape index (κ1) is 14.3. The first-order valence-corrected chi connectivity index (χ1v) is 8.50. The fraction of sp³-hybridized carbons (Fsp3) is 0.389. The molecular weight excluding hydrogens is 276 g/mol. The SMILES string of the molecule is CC1=CC(C)CC(CNc2cccc(-c3nccs3)c2)C1. The first-order chi connectivity index (χ1) is 10.2. The molecule has 0 bridgehead atoms. The molecule has 1 aromatic carbocycles. The van der Waals surface area contributed by atoms with Gasteiger partial charge in [-0.2, -0.15) is 0 Å². The second-order valence-corrected chi connectivity index (χ2v) is 6.99. The van der Waals surface area contributed by atoms with Crippen LogP contribution >= 0.6 is 11.3 Å². The van der Waals surface area contributed by atoms with Crippen LogP contribution in [0.5, 0.6) is 0 Å². The Morgan fingerprint density at radius 2 is 2.29 bits per heavy atom. The Labute approximate surface area is 130 Å². The molecule has 1 aliphatic carbocycles. The van der Waals surface area contributed by atoms with Crippen LogP contribution in [0.15, 0.2) is 47.5 Å². The molecule has 0 saturated heterocycles. The highest BCUT2D eigenvalue weighted by Gasteiger charge is 2.17. The topological polar surface area (TPSA) is 24.9 Å². The maximum Gasteiger partial charge on any atom is 0.123 e. The molecular formula is C18H22N2S. The molecule has 21 heavy (non-hydrogen) atoms. The Morgan fingerprint density at radius 1 is 1.38 bits per heavy atom. The summed E-state index contributed by atoms with van der Waals surface area (Å²) < 4.78 is 0. The molecule has 2 unspecified atom stereocenters. The van der Waals surface area contributed by atoms with E-state index in [4.69, 9.17) is 0 Å². The van der Waals surface area contributed by atoms with Gasteiger partial charge in [-0.3, -0.25) is 0 Å². The van der Waals surface area contributed by atoms with Gasteiger partial charge in [-0.25, -0.2) is 4.98 Å². The number of rotatable bonds is 4. The predicted molar refractivity (Wildman–Crippen MR) is 91.7 cm³/mol. The smallest absolute Gasteiger partial charge is 0.123 e. The van der Waals surface area contributed by atoms with Crippen molar-refractivity contribution in [2.24, 2.45) is 11.8 Å². The lowest BCUT2D eigenvalue weighted by Crippen LogP contribution is -2.20. The number of allylic oxidation sites excluding steroid dienone is 2. The van der Waals surface area contributed by atoms with Crippen LogP contribution in [0.4, 0.5) is 5.69 Å². The fourth-order valence-corrected chi connectivity index (χ4v) is 3.87. The van der Waals surface area contributed by atoms with Crippen molar-refractivity contribution in [1.29, 1.82) is 0 Å². The van der Waals surface area contributed by atoms with Crippen molar-refractivity contribution < 1.29 is 0 Å². The number of benzene rings is 1. The van der Waals surface area contributed by atoms with Crippen molar-refractivity contribution in [2.75, 3.05) is 11.9 Å². The van der Waals surface area contributed by atoms with Crippen molar-refractivity contribution in [3.05, 3.63) is 47.5 Å². The molecule has 1 heterocycles. The van der Waals surface area contributed by atoms with Crippen LogP contribution in [-0.2, 0) is 0 Å². The molecule has 0 aliphatic heterocycles. The normalized spacial score (nSPS) is 21.9. The monoisotopic (exact) mass is 298 g/mol. The van der Waals surface area contributed by atoms with Crippen molar-refractivity contribution in [3.63, 3.8) is 0 Å². The van der Waals surface area contributed by atoms with E-state index in [9.17, 15) is 0 Å². The van der Waals surface area contributed by atoms with Crippen LogP contribution in [0.2, 0.25) is 0 Å². The maximum atomic E-state index is 4.38. The summed E-state index contributed by atoms with van der Waals surface area (Å²) >= 11 is 1.69. The fourth-order valence-electron chi connectivity index (χ4n) is 3.23. The summed E-state index contributed by atoms with van der Waals surface area (Å²) in [5, 5.41) is 6.72. The van der Waals surface area contributed by atoms with Crippen LogP contribution in [0.25, 0.3) is 10.6 Å². The van der Waals surface area contributed by atoms with Gasteiger partial charge in [-0.15, -0.1) is 11.3 Å². The molecule has 1 aromatic heterocycles. The Balaban J connectivity index is 1.63. The molecule has 0 radical (unpaired) electrons. The molecule has 2 atom stereocenters. The summed E-state index contributed by atoms with van der Waals surface area (Å²) in [6, 6.07) is 8.58. The molecule has 3 rings (SSSR count). The average molecular weight is 298 g/mol. The van der Waals surface area contributed by atoms with E-state index >= 15 is 0 Å². The van der Waals surface area contributed by atoms with Gasteiger partial charge in [0.05, 0.1) is 0 Å². The third-order valence-corrected chi connectivity index (χ3v) is 4.84. The van der Waals surface area contributed by atoms with Crippen molar-refractivity contribution >= 4 is 17.0 Å². The average Bonchev–Trinajstić information content (AvgIpc) is 2.99. The Kier molecular flexibility index (Phi) is 4.39. The number of nitrogens with one attached hydrogen (secondary N) is 1. The van der Waals surface area contributed by atoms with Crippen LogP contribution in [0.3, 0.4) is 0 Å². The van der Waals surface area contributed by atoms with Crippen LogP contribution in [0.1, 0.15) is 26.7 Å². The number of hydrogen-bond donors (Lipinski definition) is 1. The van der Waals surface area contributed by atoms with E-state index in [2.05, 4.69) is 54.5 Å². The summed E-state index contributed by atoms with van der Waals surface area (Å²) in [6.45, 7) is 5.63. The highest BCUT2D eigenvalue weighted by molar-refractivity contribution is 7.13. The van der Waals surface area contributed by atoms with Gasteiger partial charge in [-0.1, -0.05) is 30.7 Å². The first-order valence-electron chi connectivity index (χ1n) is 7.62. The van der Waals surface area contributed by atoms with E-state index in [1.165, 1.54) is 29.7 Å². The lowest BCUT2D eigenvalue weighted by atomic mass is 9.84. The van der Waals surface area contributed by atoms with E-state index < -0.39 is 0 Å². The van der Waals surface area contributed by atoms with Gasteiger partial charge in [0.25, 0.3) is 0 Å². The third kappa shape index (κ3) is 3.73. The molecule has 0 saturated carbocycles. The summed E-state index contributed by atoms with van der Waals surface area (Å²) in [4.78, 5) is 4.38. The van der Waals surface area contributed by atoms with Gasteiger partial charge >= 0.3 is 0 Å². The van der Waals surface area contributed by atoms with E-state index in [1.54, 1.807) is 11.3 Å².